The Kier molecular flexibility index (Phi) is 8.72. The number of nitrogens with zero attached hydrogens (tertiary/aromatic N) is 4. The quantitative estimate of drug-likeness (QED) is 0.311. The molecule has 1 saturated carbocycles. The number of aromatic nitrogens is 2. The Morgan fingerprint density at radius 3 is 2.82 bits per heavy atom. The fourth-order valence-electron chi connectivity index (χ4n) is 4.70. The number of halogens is 1. The molecule has 2 amide bonds. The van der Waals surface area contributed by atoms with Crippen LogP contribution in [0.5, 0.6) is 0 Å². The van der Waals surface area contributed by atoms with Gasteiger partial charge >= 0.3 is 0 Å². The SMILES string of the molecule is CC1CN(c2cc(Cl)nc(SCC(=O)NCc3ccco3)n2)CCN1C(=O)CCC1CCCC1. The topological polar surface area (TPSA) is 91.6 Å². The lowest BCUT2D eigenvalue weighted by atomic mass is 10.0. The van der Waals surface area contributed by atoms with Crippen LogP contribution in [0.1, 0.15) is 51.2 Å². The Labute approximate surface area is 209 Å². The van der Waals surface area contributed by atoms with Gasteiger partial charge < -0.3 is 19.5 Å². The number of furan rings is 1. The Hall–Kier alpha value is -2.26. The summed E-state index contributed by atoms with van der Waals surface area (Å²) in [7, 11) is 0. The van der Waals surface area contributed by atoms with Gasteiger partial charge in [0, 0.05) is 38.2 Å². The van der Waals surface area contributed by atoms with Gasteiger partial charge in [-0.25, -0.2) is 9.97 Å². The van der Waals surface area contributed by atoms with E-state index in [1.807, 2.05) is 11.0 Å². The number of nitrogens with one attached hydrogen (secondary N) is 1. The summed E-state index contributed by atoms with van der Waals surface area (Å²) in [4.78, 5) is 38.0. The zero-order chi connectivity index (χ0) is 23.9. The van der Waals surface area contributed by atoms with Crippen molar-refractivity contribution in [3.63, 3.8) is 0 Å². The molecule has 1 unspecified atom stereocenters. The zero-order valence-corrected chi connectivity index (χ0v) is 21.1. The molecule has 1 aliphatic carbocycles. The summed E-state index contributed by atoms with van der Waals surface area (Å²) in [5.41, 5.74) is 0. The molecule has 8 nitrogen and oxygen atoms in total. The highest BCUT2D eigenvalue weighted by Gasteiger charge is 2.29. The van der Waals surface area contributed by atoms with E-state index in [2.05, 4.69) is 27.1 Å². The van der Waals surface area contributed by atoms with Crippen molar-refractivity contribution >= 4 is 41.0 Å². The molecule has 34 heavy (non-hydrogen) atoms. The van der Waals surface area contributed by atoms with Gasteiger partial charge in [-0.15, -0.1) is 0 Å². The summed E-state index contributed by atoms with van der Waals surface area (Å²) in [5, 5.41) is 3.60. The van der Waals surface area contributed by atoms with E-state index in [4.69, 9.17) is 16.0 Å². The third-order valence-corrected chi connectivity index (χ3v) is 7.59. The second kappa shape index (κ2) is 11.9. The van der Waals surface area contributed by atoms with Crippen LogP contribution in [0, 0.1) is 5.92 Å². The van der Waals surface area contributed by atoms with Crippen molar-refractivity contribution in [2.75, 3.05) is 30.3 Å². The Balaban J connectivity index is 1.27. The predicted octanol–water partition coefficient (Wildman–Crippen LogP) is 4.14. The van der Waals surface area contributed by atoms with Crippen molar-refractivity contribution in [2.45, 2.75) is 63.2 Å². The highest BCUT2D eigenvalue weighted by molar-refractivity contribution is 7.99. The van der Waals surface area contributed by atoms with Gasteiger partial charge in [-0.1, -0.05) is 49.0 Å². The number of hydrogen-bond donors (Lipinski definition) is 1. The third kappa shape index (κ3) is 6.88. The average molecular weight is 506 g/mol. The van der Waals surface area contributed by atoms with Gasteiger partial charge in [0.2, 0.25) is 11.8 Å². The minimum Gasteiger partial charge on any atom is -0.467 e. The van der Waals surface area contributed by atoms with Crippen LogP contribution >= 0.6 is 23.4 Å². The molecule has 1 N–H and O–H groups in total. The maximum absolute atomic E-state index is 12.8. The normalized spacial score (nSPS) is 18.9. The molecule has 2 aromatic heterocycles. The van der Waals surface area contributed by atoms with Gasteiger partial charge in [0.15, 0.2) is 5.16 Å². The maximum atomic E-state index is 12.8. The van der Waals surface area contributed by atoms with E-state index in [1.54, 1.807) is 18.4 Å². The van der Waals surface area contributed by atoms with Gasteiger partial charge in [0.25, 0.3) is 0 Å². The van der Waals surface area contributed by atoms with Crippen LogP contribution in [0.3, 0.4) is 0 Å². The number of piperazine rings is 1. The van der Waals surface area contributed by atoms with Gasteiger partial charge in [0.05, 0.1) is 18.6 Å². The van der Waals surface area contributed by atoms with Crippen molar-refractivity contribution in [3.05, 3.63) is 35.4 Å². The van der Waals surface area contributed by atoms with Crippen LogP contribution < -0.4 is 10.2 Å². The monoisotopic (exact) mass is 505 g/mol. The van der Waals surface area contributed by atoms with E-state index < -0.39 is 0 Å². The standard InChI is InChI=1S/C24H32ClN5O3S/c1-17-15-29(10-11-30(17)23(32)9-8-18-5-2-3-6-18)21-13-20(25)27-24(28-21)34-16-22(31)26-14-19-7-4-12-33-19/h4,7,12-13,17-18H,2-3,5-6,8-11,14-16H2,1H3,(H,26,31). The molecular formula is C24H32ClN5O3S. The zero-order valence-electron chi connectivity index (χ0n) is 19.5. The molecule has 1 aliphatic heterocycles. The number of anilines is 1. The summed E-state index contributed by atoms with van der Waals surface area (Å²) < 4.78 is 5.22. The van der Waals surface area contributed by atoms with Gasteiger partial charge in [-0.2, -0.15) is 0 Å². The lowest BCUT2D eigenvalue weighted by molar-refractivity contribution is -0.134. The number of rotatable bonds is 9. The largest absolute Gasteiger partial charge is 0.467 e. The average Bonchev–Trinajstić information content (AvgIpc) is 3.54. The summed E-state index contributed by atoms with van der Waals surface area (Å²) in [6, 6.07) is 5.43. The van der Waals surface area contributed by atoms with E-state index >= 15 is 0 Å². The molecule has 3 heterocycles. The van der Waals surface area contributed by atoms with Crippen LogP contribution in [-0.4, -0.2) is 58.1 Å². The van der Waals surface area contributed by atoms with Crippen molar-refractivity contribution < 1.29 is 14.0 Å². The molecule has 1 atom stereocenters. The first-order valence-corrected chi connectivity index (χ1v) is 13.3. The summed E-state index contributed by atoms with van der Waals surface area (Å²) >= 11 is 7.51. The Morgan fingerprint density at radius 2 is 2.09 bits per heavy atom. The highest BCUT2D eigenvalue weighted by Crippen LogP contribution is 2.29. The van der Waals surface area contributed by atoms with Crippen molar-refractivity contribution in [2.24, 2.45) is 5.92 Å². The number of amides is 2. The lowest BCUT2D eigenvalue weighted by Crippen LogP contribution is -2.54. The van der Waals surface area contributed by atoms with Crippen molar-refractivity contribution in [1.29, 1.82) is 0 Å². The number of thioether (sulfide) groups is 1. The molecule has 10 heteroatoms. The molecule has 0 bridgehead atoms. The van der Waals surface area contributed by atoms with Gasteiger partial charge in [-0.3, -0.25) is 9.59 Å². The minimum absolute atomic E-state index is 0.0991. The lowest BCUT2D eigenvalue weighted by Gasteiger charge is -2.40. The first-order chi connectivity index (χ1) is 16.5. The molecule has 2 aliphatic rings. The number of carbonyl (C=O) groups is 2. The molecule has 0 spiro atoms. The van der Waals surface area contributed by atoms with E-state index in [-0.39, 0.29) is 23.6 Å². The van der Waals surface area contributed by atoms with Crippen LogP contribution in [0.25, 0.3) is 0 Å². The molecule has 2 aromatic rings. The van der Waals surface area contributed by atoms with Crippen LogP contribution in [0.15, 0.2) is 34.0 Å². The van der Waals surface area contributed by atoms with E-state index in [0.29, 0.717) is 48.7 Å². The van der Waals surface area contributed by atoms with Crippen LogP contribution in [-0.2, 0) is 16.1 Å². The third-order valence-electron chi connectivity index (χ3n) is 6.55. The fraction of sp³-hybridized carbons (Fsp3) is 0.583. The molecule has 2 fully saturated rings. The Bertz CT molecular complexity index is 968. The van der Waals surface area contributed by atoms with E-state index in [9.17, 15) is 9.59 Å². The highest BCUT2D eigenvalue weighted by atomic mass is 35.5. The number of hydrogen-bond acceptors (Lipinski definition) is 7. The van der Waals surface area contributed by atoms with Gasteiger partial charge in [-0.05, 0) is 31.4 Å². The van der Waals surface area contributed by atoms with Crippen molar-refractivity contribution in [3.8, 4) is 0 Å². The smallest absolute Gasteiger partial charge is 0.230 e. The van der Waals surface area contributed by atoms with Gasteiger partial charge in [0.1, 0.15) is 16.7 Å². The minimum atomic E-state index is -0.134. The number of carbonyl (C=O) groups excluding carboxylic acids is 2. The second-order valence-electron chi connectivity index (χ2n) is 9.05. The summed E-state index contributed by atoms with van der Waals surface area (Å²) in [6.45, 7) is 4.48. The molecular weight excluding hydrogens is 474 g/mol. The predicted molar refractivity (Wildman–Crippen MR) is 133 cm³/mol. The van der Waals surface area contributed by atoms with Crippen molar-refractivity contribution in [1.82, 2.24) is 20.2 Å². The van der Waals surface area contributed by atoms with E-state index in [1.165, 1.54) is 37.4 Å². The second-order valence-corrected chi connectivity index (χ2v) is 10.4. The van der Waals surface area contributed by atoms with E-state index in [0.717, 1.165) is 18.2 Å². The molecule has 1 saturated heterocycles. The molecule has 0 aromatic carbocycles. The molecule has 4 rings (SSSR count). The first kappa shape index (κ1) is 24.9. The summed E-state index contributed by atoms with van der Waals surface area (Å²) in [6.07, 6.45) is 8.41. The summed E-state index contributed by atoms with van der Waals surface area (Å²) in [5.74, 6) is 2.46. The Morgan fingerprint density at radius 1 is 1.26 bits per heavy atom. The van der Waals surface area contributed by atoms with Crippen LogP contribution in [0.4, 0.5) is 5.82 Å². The maximum Gasteiger partial charge on any atom is 0.230 e. The fourth-order valence-corrected chi connectivity index (χ4v) is 5.61. The molecule has 0 radical (unpaired) electrons. The van der Waals surface area contributed by atoms with Crippen LogP contribution in [0.2, 0.25) is 5.15 Å². The molecule has 184 valence electrons. The first-order valence-electron chi connectivity index (χ1n) is 12.0.